The van der Waals surface area contributed by atoms with Gasteiger partial charge < -0.3 is 10.2 Å². The number of rotatable bonds is 3. The third-order valence-electron chi connectivity index (χ3n) is 4.70. The van der Waals surface area contributed by atoms with E-state index in [1.807, 2.05) is 13.0 Å². The predicted molar refractivity (Wildman–Crippen MR) is 108 cm³/mol. The van der Waals surface area contributed by atoms with E-state index < -0.39 is 0 Å². The molecular weight excluding hydrogens is 310 g/mol. The smallest absolute Gasteiger partial charge is 0.128 e. The number of phenolic OH excluding ortho intramolecular Hbond substituents is 1. The van der Waals surface area contributed by atoms with Crippen LogP contribution in [0.15, 0.2) is 17.1 Å². The van der Waals surface area contributed by atoms with Crippen LogP contribution in [0.2, 0.25) is 0 Å². The van der Waals surface area contributed by atoms with Crippen LogP contribution in [-0.2, 0) is 10.8 Å². The Labute approximate surface area is 154 Å². The Hall–Kier alpha value is -1.35. The molecule has 0 aliphatic carbocycles. The first-order chi connectivity index (χ1) is 11.1. The Morgan fingerprint density at radius 3 is 1.84 bits per heavy atom. The van der Waals surface area contributed by atoms with Gasteiger partial charge in [0, 0.05) is 16.8 Å². The van der Waals surface area contributed by atoms with Crippen molar-refractivity contribution < 1.29 is 10.2 Å². The summed E-state index contributed by atoms with van der Waals surface area (Å²) in [6.07, 6.45) is 0. The zero-order valence-corrected chi connectivity index (χ0v) is 17.8. The molecule has 0 heterocycles. The Balaban J connectivity index is 3.63. The third kappa shape index (κ3) is 5.31. The second-order valence-electron chi connectivity index (χ2n) is 10.2. The van der Waals surface area contributed by atoms with Gasteiger partial charge in [-0.1, -0.05) is 68.4 Å². The Kier molecular flexibility index (Phi) is 6.17. The molecule has 0 bridgehead atoms. The van der Waals surface area contributed by atoms with Crippen LogP contribution >= 0.6 is 0 Å². The van der Waals surface area contributed by atoms with Crippen molar-refractivity contribution in [1.82, 2.24) is 0 Å². The molecule has 3 heteroatoms. The quantitative estimate of drug-likeness (QED) is 0.738. The number of hydrogen-bond donors (Lipinski definition) is 2. The second-order valence-corrected chi connectivity index (χ2v) is 10.2. The van der Waals surface area contributed by atoms with Gasteiger partial charge in [-0.2, -0.15) is 0 Å². The molecule has 25 heavy (non-hydrogen) atoms. The summed E-state index contributed by atoms with van der Waals surface area (Å²) in [5.74, 6) is 0.298. The number of hydrogen-bond acceptors (Lipinski definition) is 3. The summed E-state index contributed by atoms with van der Waals surface area (Å²) in [6, 6.07) is 3.95. The van der Waals surface area contributed by atoms with E-state index in [2.05, 4.69) is 68.4 Å². The lowest BCUT2D eigenvalue weighted by molar-refractivity contribution is 0.190. The van der Waals surface area contributed by atoms with Crippen molar-refractivity contribution in [3.8, 4) is 5.75 Å². The van der Waals surface area contributed by atoms with E-state index in [4.69, 9.17) is 4.99 Å². The highest BCUT2D eigenvalue weighted by Crippen LogP contribution is 2.38. The van der Waals surface area contributed by atoms with Crippen LogP contribution in [0.3, 0.4) is 0 Å². The summed E-state index contributed by atoms with van der Waals surface area (Å²) in [5, 5.41) is 20.7. The Morgan fingerprint density at radius 2 is 1.48 bits per heavy atom. The number of aromatic hydroxyl groups is 1. The van der Waals surface area contributed by atoms with Gasteiger partial charge in [-0.05, 0) is 34.8 Å². The molecule has 3 nitrogen and oxygen atoms in total. The summed E-state index contributed by atoms with van der Waals surface area (Å²) in [7, 11) is 0. The lowest BCUT2D eigenvalue weighted by Gasteiger charge is -2.29. The molecule has 1 aromatic rings. The standard InChI is InChI=1S/C22H37NO2/c1-14(23-18(13-24)22(8,9)10)16-11-15(20(2,3)4)12-17(19(16)25)21(5,6)7/h11-12,18,24-25H,13H2,1-10H3/t18-/m1/s1. The minimum absolute atomic E-state index is 0.00725. The normalized spacial score (nSPS) is 15.4. The molecule has 0 fully saturated rings. The number of aliphatic imine (C=N–C) groups is 1. The van der Waals surface area contributed by atoms with E-state index in [1.165, 1.54) is 5.56 Å². The average molecular weight is 348 g/mol. The van der Waals surface area contributed by atoms with Gasteiger partial charge in [0.2, 0.25) is 0 Å². The zero-order valence-electron chi connectivity index (χ0n) is 17.8. The molecule has 0 aliphatic rings. The summed E-state index contributed by atoms with van der Waals surface area (Å²) < 4.78 is 0. The van der Waals surface area contributed by atoms with Crippen LogP contribution < -0.4 is 0 Å². The Bertz CT molecular complexity index is 638. The maximum absolute atomic E-state index is 10.9. The molecule has 0 aliphatic heterocycles. The fourth-order valence-corrected chi connectivity index (χ4v) is 2.73. The highest BCUT2D eigenvalue weighted by atomic mass is 16.3. The topological polar surface area (TPSA) is 52.8 Å². The van der Waals surface area contributed by atoms with E-state index >= 15 is 0 Å². The van der Waals surface area contributed by atoms with Gasteiger partial charge in [-0.3, -0.25) is 4.99 Å². The van der Waals surface area contributed by atoms with Crippen molar-refractivity contribution in [2.24, 2.45) is 10.4 Å². The lowest BCUT2D eigenvalue weighted by Crippen LogP contribution is -2.29. The highest BCUT2D eigenvalue weighted by Gasteiger charge is 2.27. The molecule has 0 unspecified atom stereocenters. The van der Waals surface area contributed by atoms with Gasteiger partial charge >= 0.3 is 0 Å². The minimum Gasteiger partial charge on any atom is -0.507 e. The van der Waals surface area contributed by atoms with Crippen LogP contribution in [0.25, 0.3) is 0 Å². The molecule has 0 amide bonds. The summed E-state index contributed by atoms with van der Waals surface area (Å²) in [6.45, 7) is 21.0. The molecule has 1 aromatic carbocycles. The maximum Gasteiger partial charge on any atom is 0.128 e. The monoisotopic (exact) mass is 347 g/mol. The SMILES string of the molecule is CC(=N[C@H](CO)C(C)(C)C)c1cc(C(C)(C)C)cc(C(C)(C)C)c1O. The second kappa shape index (κ2) is 7.11. The van der Waals surface area contributed by atoms with Crippen LogP contribution in [0.5, 0.6) is 5.75 Å². The van der Waals surface area contributed by atoms with E-state index in [-0.39, 0.29) is 28.9 Å². The molecule has 0 saturated heterocycles. The molecule has 0 saturated carbocycles. The fourth-order valence-electron chi connectivity index (χ4n) is 2.73. The third-order valence-corrected chi connectivity index (χ3v) is 4.70. The van der Waals surface area contributed by atoms with E-state index in [9.17, 15) is 10.2 Å². The van der Waals surface area contributed by atoms with Crippen molar-refractivity contribution in [1.29, 1.82) is 0 Å². The van der Waals surface area contributed by atoms with E-state index in [0.717, 1.165) is 16.8 Å². The van der Waals surface area contributed by atoms with Gasteiger partial charge in [0.25, 0.3) is 0 Å². The maximum atomic E-state index is 10.9. The lowest BCUT2D eigenvalue weighted by atomic mass is 9.78. The van der Waals surface area contributed by atoms with Crippen LogP contribution in [0.4, 0.5) is 0 Å². The van der Waals surface area contributed by atoms with Gasteiger partial charge in [0.1, 0.15) is 5.75 Å². The molecular formula is C22H37NO2. The highest BCUT2D eigenvalue weighted by molar-refractivity contribution is 6.02. The molecule has 1 rings (SSSR count). The van der Waals surface area contributed by atoms with Crippen LogP contribution in [0.1, 0.15) is 85.9 Å². The van der Waals surface area contributed by atoms with Crippen molar-refractivity contribution in [2.45, 2.75) is 86.1 Å². The van der Waals surface area contributed by atoms with Crippen LogP contribution in [-0.4, -0.2) is 28.6 Å². The van der Waals surface area contributed by atoms with Crippen molar-refractivity contribution >= 4 is 5.71 Å². The molecule has 1 atom stereocenters. The van der Waals surface area contributed by atoms with Gasteiger partial charge in [0.05, 0.1) is 12.6 Å². The van der Waals surface area contributed by atoms with Gasteiger partial charge in [0.15, 0.2) is 0 Å². The number of nitrogens with zero attached hydrogens (tertiary/aromatic N) is 1. The summed E-state index contributed by atoms with van der Waals surface area (Å²) in [4.78, 5) is 4.75. The summed E-state index contributed by atoms with van der Waals surface area (Å²) in [5.41, 5.74) is 3.31. The first kappa shape index (κ1) is 21.7. The minimum atomic E-state index is -0.205. The average Bonchev–Trinajstić information content (AvgIpc) is 2.40. The number of phenols is 1. The predicted octanol–water partition coefficient (Wildman–Crippen LogP) is 5.20. The fraction of sp³-hybridized carbons (Fsp3) is 0.682. The largest absolute Gasteiger partial charge is 0.507 e. The Morgan fingerprint density at radius 1 is 0.960 bits per heavy atom. The molecule has 142 valence electrons. The van der Waals surface area contributed by atoms with Crippen molar-refractivity contribution in [2.75, 3.05) is 6.61 Å². The molecule has 0 spiro atoms. The number of aliphatic hydroxyl groups is 1. The number of aliphatic hydroxyl groups excluding tert-OH is 1. The molecule has 0 aromatic heterocycles. The first-order valence-electron chi connectivity index (χ1n) is 9.12. The van der Waals surface area contributed by atoms with Gasteiger partial charge in [-0.15, -0.1) is 0 Å². The molecule has 0 radical (unpaired) electrons. The zero-order chi connectivity index (χ0) is 19.8. The van der Waals surface area contributed by atoms with E-state index in [0.29, 0.717) is 5.75 Å². The summed E-state index contributed by atoms with van der Waals surface area (Å²) >= 11 is 0. The van der Waals surface area contributed by atoms with Crippen molar-refractivity contribution in [3.05, 3.63) is 28.8 Å². The van der Waals surface area contributed by atoms with Crippen molar-refractivity contribution in [3.63, 3.8) is 0 Å². The van der Waals surface area contributed by atoms with Gasteiger partial charge in [-0.25, -0.2) is 0 Å². The number of benzene rings is 1. The first-order valence-corrected chi connectivity index (χ1v) is 9.12. The van der Waals surface area contributed by atoms with E-state index in [1.54, 1.807) is 0 Å². The van der Waals surface area contributed by atoms with Crippen LogP contribution in [0, 0.1) is 5.41 Å². The molecule has 2 N–H and O–H groups in total.